The number of benzene rings is 2. The number of anilines is 1. The fraction of sp³-hybridized carbons (Fsp3) is 0.286. The predicted octanol–water partition coefficient (Wildman–Crippen LogP) is 4.51. The highest BCUT2D eigenvalue weighted by Gasteiger charge is 2.18. The summed E-state index contributed by atoms with van der Waals surface area (Å²) >= 11 is 0. The van der Waals surface area contributed by atoms with Crippen LogP contribution in [0.1, 0.15) is 41.0 Å². The Morgan fingerprint density at radius 3 is 2.79 bits per heavy atom. The minimum atomic E-state index is -0.768. The van der Waals surface area contributed by atoms with E-state index in [0.29, 0.717) is 5.69 Å². The van der Waals surface area contributed by atoms with Gasteiger partial charge in [-0.15, -0.1) is 10.2 Å². The molecule has 0 unspecified atom stereocenters. The van der Waals surface area contributed by atoms with Crippen LogP contribution in [0.3, 0.4) is 0 Å². The number of nitrogens with zero attached hydrogens (tertiary/aromatic N) is 3. The SMILES string of the molecule is Cc1ccc(-c2nnc3n2CCCCC3)cc1NC(=O)c1cc(F)ccc1F. The van der Waals surface area contributed by atoms with Gasteiger partial charge in [0.1, 0.15) is 17.5 Å². The quantitative estimate of drug-likeness (QED) is 0.725. The number of amides is 1. The lowest BCUT2D eigenvalue weighted by Crippen LogP contribution is -2.15. The third-order valence-electron chi connectivity index (χ3n) is 5.03. The number of carbonyl (C=O) groups excluding carboxylic acids is 1. The molecule has 1 amide bonds. The molecule has 28 heavy (non-hydrogen) atoms. The van der Waals surface area contributed by atoms with Gasteiger partial charge in [-0.1, -0.05) is 18.6 Å². The van der Waals surface area contributed by atoms with Gasteiger partial charge >= 0.3 is 0 Å². The van der Waals surface area contributed by atoms with Crippen LogP contribution < -0.4 is 5.32 Å². The maximum atomic E-state index is 13.9. The van der Waals surface area contributed by atoms with Crippen molar-refractivity contribution in [2.24, 2.45) is 0 Å². The number of carbonyl (C=O) groups is 1. The van der Waals surface area contributed by atoms with Gasteiger partial charge in [0.05, 0.1) is 5.56 Å². The summed E-state index contributed by atoms with van der Waals surface area (Å²) in [5.41, 5.74) is 1.82. The molecule has 0 fully saturated rings. The van der Waals surface area contributed by atoms with E-state index in [-0.39, 0.29) is 5.56 Å². The predicted molar refractivity (Wildman–Crippen MR) is 102 cm³/mol. The van der Waals surface area contributed by atoms with E-state index < -0.39 is 17.5 Å². The molecule has 0 bridgehead atoms. The van der Waals surface area contributed by atoms with Crippen LogP contribution in [0.4, 0.5) is 14.5 Å². The summed E-state index contributed by atoms with van der Waals surface area (Å²) in [5.74, 6) is -0.402. The second-order valence-electron chi connectivity index (χ2n) is 7.01. The standard InChI is InChI=1S/C21H20F2N4O/c1-13-6-7-14(20-26-25-19-5-3-2-4-10-27(19)20)11-18(13)24-21(28)16-12-15(22)8-9-17(16)23/h6-9,11-12H,2-5,10H2,1H3,(H,24,28). The van der Waals surface area contributed by atoms with Crippen LogP contribution in [0.2, 0.25) is 0 Å². The molecule has 1 N–H and O–H groups in total. The number of aryl methyl sites for hydroxylation is 2. The van der Waals surface area contributed by atoms with Gasteiger partial charge in [-0.25, -0.2) is 8.78 Å². The Kier molecular flexibility index (Phi) is 4.90. The molecule has 0 spiro atoms. The molecule has 2 aromatic carbocycles. The number of fused-ring (bicyclic) bond motifs is 1. The van der Waals surface area contributed by atoms with E-state index >= 15 is 0 Å². The van der Waals surface area contributed by atoms with Gasteiger partial charge in [-0.05, 0) is 49.6 Å². The Morgan fingerprint density at radius 1 is 1.07 bits per heavy atom. The molecule has 0 atom stereocenters. The molecule has 0 aliphatic carbocycles. The fourth-order valence-electron chi connectivity index (χ4n) is 3.46. The Balaban J connectivity index is 1.66. The summed E-state index contributed by atoms with van der Waals surface area (Å²) in [6, 6.07) is 8.41. The lowest BCUT2D eigenvalue weighted by atomic mass is 10.1. The lowest BCUT2D eigenvalue weighted by Gasteiger charge is -2.12. The number of rotatable bonds is 3. The summed E-state index contributed by atoms with van der Waals surface area (Å²) in [6.07, 6.45) is 4.25. The number of hydrogen-bond donors (Lipinski definition) is 1. The van der Waals surface area contributed by atoms with Crippen LogP contribution in [0.15, 0.2) is 36.4 Å². The minimum absolute atomic E-state index is 0.332. The zero-order chi connectivity index (χ0) is 19.7. The van der Waals surface area contributed by atoms with Crippen molar-refractivity contribution in [2.75, 3.05) is 5.32 Å². The summed E-state index contributed by atoms with van der Waals surface area (Å²) < 4.78 is 29.4. The molecule has 2 heterocycles. The minimum Gasteiger partial charge on any atom is -0.322 e. The first kappa shape index (κ1) is 18.3. The van der Waals surface area contributed by atoms with Crippen LogP contribution in [0, 0.1) is 18.6 Å². The van der Waals surface area contributed by atoms with Crippen LogP contribution in [0.5, 0.6) is 0 Å². The van der Waals surface area contributed by atoms with E-state index in [0.717, 1.165) is 73.2 Å². The van der Waals surface area contributed by atoms with Crippen LogP contribution in [-0.4, -0.2) is 20.7 Å². The normalized spacial score (nSPS) is 13.7. The van der Waals surface area contributed by atoms with Gasteiger partial charge in [-0.3, -0.25) is 4.79 Å². The molecule has 1 aromatic heterocycles. The van der Waals surface area contributed by atoms with E-state index in [9.17, 15) is 13.6 Å². The summed E-state index contributed by atoms with van der Waals surface area (Å²) in [6.45, 7) is 2.70. The maximum absolute atomic E-state index is 13.9. The third kappa shape index (κ3) is 3.52. The van der Waals surface area contributed by atoms with Gasteiger partial charge in [-0.2, -0.15) is 0 Å². The van der Waals surface area contributed by atoms with E-state index in [1.165, 1.54) is 0 Å². The Morgan fingerprint density at radius 2 is 1.93 bits per heavy atom. The second-order valence-corrected chi connectivity index (χ2v) is 7.01. The van der Waals surface area contributed by atoms with Crippen molar-refractivity contribution < 1.29 is 13.6 Å². The van der Waals surface area contributed by atoms with Gasteiger partial charge in [0.25, 0.3) is 5.91 Å². The molecule has 4 rings (SSSR count). The Labute approximate surface area is 161 Å². The molecule has 5 nitrogen and oxygen atoms in total. The molecule has 0 saturated heterocycles. The van der Waals surface area contributed by atoms with Crippen LogP contribution in [-0.2, 0) is 13.0 Å². The fourth-order valence-corrected chi connectivity index (χ4v) is 3.46. The van der Waals surface area contributed by atoms with Crippen molar-refractivity contribution in [3.05, 3.63) is 65.0 Å². The maximum Gasteiger partial charge on any atom is 0.258 e. The van der Waals surface area contributed by atoms with E-state index in [1.54, 1.807) is 6.07 Å². The van der Waals surface area contributed by atoms with Crippen molar-refractivity contribution >= 4 is 11.6 Å². The number of hydrogen-bond acceptors (Lipinski definition) is 3. The molecule has 7 heteroatoms. The molecule has 0 radical (unpaired) electrons. The zero-order valence-corrected chi connectivity index (χ0v) is 15.5. The molecular weight excluding hydrogens is 362 g/mol. The van der Waals surface area contributed by atoms with Crippen molar-refractivity contribution in [2.45, 2.75) is 39.2 Å². The highest BCUT2D eigenvalue weighted by Crippen LogP contribution is 2.27. The smallest absolute Gasteiger partial charge is 0.258 e. The van der Waals surface area contributed by atoms with Gasteiger partial charge < -0.3 is 9.88 Å². The second kappa shape index (κ2) is 7.50. The van der Waals surface area contributed by atoms with Crippen LogP contribution in [0.25, 0.3) is 11.4 Å². The van der Waals surface area contributed by atoms with Gasteiger partial charge in [0.2, 0.25) is 0 Å². The van der Waals surface area contributed by atoms with E-state index in [1.807, 2.05) is 19.1 Å². The topological polar surface area (TPSA) is 59.8 Å². The molecule has 1 aliphatic heterocycles. The first-order valence-electron chi connectivity index (χ1n) is 9.32. The van der Waals surface area contributed by atoms with Crippen LogP contribution >= 0.6 is 0 Å². The van der Waals surface area contributed by atoms with E-state index in [4.69, 9.17) is 0 Å². The average molecular weight is 382 g/mol. The third-order valence-corrected chi connectivity index (χ3v) is 5.03. The molecule has 0 saturated carbocycles. The summed E-state index contributed by atoms with van der Waals surface area (Å²) in [5, 5.41) is 11.3. The molecule has 3 aromatic rings. The number of aromatic nitrogens is 3. The largest absolute Gasteiger partial charge is 0.322 e. The first-order valence-corrected chi connectivity index (χ1v) is 9.32. The van der Waals surface area contributed by atoms with Gasteiger partial charge in [0, 0.05) is 24.2 Å². The monoisotopic (exact) mass is 382 g/mol. The first-order chi connectivity index (χ1) is 13.5. The molecular formula is C21H20F2N4O. The molecule has 1 aliphatic rings. The number of halogens is 2. The molecule has 144 valence electrons. The summed E-state index contributed by atoms with van der Waals surface area (Å²) in [4.78, 5) is 12.5. The number of nitrogens with one attached hydrogen (secondary N) is 1. The Hall–Kier alpha value is -3.09. The van der Waals surface area contributed by atoms with Crippen molar-refractivity contribution in [3.8, 4) is 11.4 Å². The average Bonchev–Trinajstić information content (AvgIpc) is 2.93. The van der Waals surface area contributed by atoms with Crippen molar-refractivity contribution in [3.63, 3.8) is 0 Å². The zero-order valence-electron chi connectivity index (χ0n) is 15.5. The highest BCUT2D eigenvalue weighted by molar-refractivity contribution is 6.05. The van der Waals surface area contributed by atoms with Crippen molar-refractivity contribution in [1.82, 2.24) is 14.8 Å². The van der Waals surface area contributed by atoms with E-state index in [2.05, 4.69) is 20.1 Å². The van der Waals surface area contributed by atoms with Crippen molar-refractivity contribution in [1.29, 1.82) is 0 Å². The lowest BCUT2D eigenvalue weighted by molar-refractivity contribution is 0.102. The van der Waals surface area contributed by atoms with Gasteiger partial charge in [0.15, 0.2) is 5.82 Å². The highest BCUT2D eigenvalue weighted by atomic mass is 19.1. The Bertz CT molecular complexity index is 1040. The summed E-state index contributed by atoms with van der Waals surface area (Å²) in [7, 11) is 0.